The Morgan fingerprint density at radius 3 is 1.65 bits per heavy atom. The molecule has 0 unspecified atom stereocenters. The maximum absolute atomic E-state index is 11.3. The van der Waals surface area contributed by atoms with Crippen LogP contribution >= 0.6 is 0 Å². The molecule has 0 radical (unpaired) electrons. The number of hydrogen-bond acceptors (Lipinski definition) is 3. The minimum atomic E-state index is -0.610. The molecule has 0 saturated carbocycles. The molecule has 1 heterocycles. The number of aromatic nitrogens is 2. The van der Waals surface area contributed by atoms with E-state index in [9.17, 15) is 5.11 Å². The topological polar surface area (TPSA) is 41.3 Å². The second kappa shape index (κ2) is 10.2. The van der Waals surface area contributed by atoms with Crippen LogP contribution in [0.1, 0.15) is 0 Å². The maximum Gasteiger partial charge on any atom is 0.0963 e. The van der Waals surface area contributed by atoms with Crippen molar-refractivity contribution in [1.29, 1.82) is 0 Å². The van der Waals surface area contributed by atoms with E-state index >= 15 is 0 Å². The van der Waals surface area contributed by atoms with Crippen LogP contribution in [0.5, 0.6) is 0 Å². The van der Waals surface area contributed by atoms with Crippen LogP contribution in [0, 0.1) is 0 Å². The number of benzene rings is 4. The van der Waals surface area contributed by atoms with Gasteiger partial charge in [-0.1, -0.05) is 97.1 Å². The first-order chi connectivity index (χ1) is 16.8. The quantitative estimate of drug-likeness (QED) is 0.300. The molecule has 0 amide bonds. The van der Waals surface area contributed by atoms with E-state index < -0.39 is 6.10 Å². The highest BCUT2D eigenvalue weighted by Gasteiger charge is 2.19. The van der Waals surface area contributed by atoms with E-state index in [1.165, 1.54) is 0 Å². The molecule has 0 aliphatic heterocycles. The number of anilines is 2. The van der Waals surface area contributed by atoms with Crippen molar-refractivity contribution in [3.8, 4) is 22.5 Å². The Morgan fingerprint density at radius 1 is 0.647 bits per heavy atom. The lowest BCUT2D eigenvalue weighted by atomic mass is 10.0. The number of hydrogen-bond donors (Lipinski definition) is 1. The third kappa shape index (κ3) is 4.77. The van der Waals surface area contributed by atoms with Crippen LogP contribution < -0.4 is 4.90 Å². The van der Waals surface area contributed by atoms with Gasteiger partial charge in [0.1, 0.15) is 0 Å². The Labute approximate surface area is 200 Å². The fourth-order valence-corrected chi connectivity index (χ4v) is 4.30. The Bertz CT molecular complexity index is 1260. The average molecular weight is 446 g/mol. The smallest absolute Gasteiger partial charge is 0.0963 e. The highest BCUT2D eigenvalue weighted by Crippen LogP contribution is 2.32. The maximum atomic E-state index is 11.3. The molecule has 4 nitrogen and oxygen atoms in total. The van der Waals surface area contributed by atoms with Crippen molar-refractivity contribution >= 4 is 11.4 Å². The van der Waals surface area contributed by atoms with Crippen LogP contribution in [0.25, 0.3) is 22.5 Å². The zero-order valence-electron chi connectivity index (χ0n) is 18.9. The predicted octanol–water partition coefficient (Wildman–Crippen LogP) is 6.42. The van der Waals surface area contributed by atoms with Crippen LogP contribution in [-0.4, -0.2) is 27.3 Å². The van der Waals surface area contributed by atoms with Crippen LogP contribution in [0.3, 0.4) is 0 Å². The summed E-state index contributed by atoms with van der Waals surface area (Å²) in [4.78, 5) is 6.90. The first-order valence-corrected chi connectivity index (χ1v) is 11.5. The lowest BCUT2D eigenvalue weighted by molar-refractivity contribution is 0.162. The lowest BCUT2D eigenvalue weighted by Gasteiger charge is -2.28. The summed E-state index contributed by atoms with van der Waals surface area (Å²) in [6, 6.07) is 40.8. The average Bonchev–Trinajstić information content (AvgIpc) is 3.32. The number of para-hydroxylation sites is 2. The van der Waals surface area contributed by atoms with Crippen LogP contribution in [-0.2, 0) is 6.54 Å². The molecular formula is C30H27N3O. The normalized spacial score (nSPS) is 11.8. The number of aliphatic hydroxyl groups excluding tert-OH is 1. The Balaban J connectivity index is 1.46. The van der Waals surface area contributed by atoms with Crippen LogP contribution in [0.2, 0.25) is 0 Å². The van der Waals surface area contributed by atoms with Crippen molar-refractivity contribution < 1.29 is 5.11 Å². The molecule has 1 aromatic heterocycles. The minimum Gasteiger partial charge on any atom is -0.389 e. The first kappa shape index (κ1) is 21.7. The molecule has 1 N–H and O–H groups in total. The summed E-state index contributed by atoms with van der Waals surface area (Å²) in [6.45, 7) is 0.890. The van der Waals surface area contributed by atoms with Gasteiger partial charge < -0.3 is 14.6 Å². The van der Waals surface area contributed by atoms with E-state index in [4.69, 9.17) is 4.98 Å². The Morgan fingerprint density at radius 2 is 1.12 bits per heavy atom. The van der Waals surface area contributed by atoms with Crippen LogP contribution in [0.15, 0.2) is 128 Å². The molecule has 0 bridgehead atoms. The molecule has 168 valence electrons. The van der Waals surface area contributed by atoms with Gasteiger partial charge in [-0.25, -0.2) is 4.98 Å². The first-order valence-electron chi connectivity index (χ1n) is 11.5. The molecule has 5 aromatic rings. The summed E-state index contributed by atoms with van der Waals surface area (Å²) in [5, 5.41) is 11.3. The van der Waals surface area contributed by atoms with Crippen LogP contribution in [0.4, 0.5) is 11.4 Å². The molecule has 4 heteroatoms. The minimum absolute atomic E-state index is 0.431. The summed E-state index contributed by atoms with van der Waals surface area (Å²) in [5.74, 6) is 0. The Kier molecular flexibility index (Phi) is 6.50. The fourth-order valence-electron chi connectivity index (χ4n) is 4.30. The summed E-state index contributed by atoms with van der Waals surface area (Å²) in [6.07, 6.45) is 1.23. The molecule has 0 aliphatic rings. The number of nitrogens with zero attached hydrogens (tertiary/aromatic N) is 3. The van der Waals surface area contributed by atoms with Gasteiger partial charge in [0.2, 0.25) is 0 Å². The molecule has 0 aliphatic carbocycles. The number of rotatable bonds is 8. The third-order valence-corrected chi connectivity index (χ3v) is 5.87. The molecular weight excluding hydrogens is 418 g/mol. The SMILES string of the molecule is O[C@H](CN(c1ccccc1)c1ccccc1)Cn1cnc(-c2ccccc2)c1-c1ccccc1. The van der Waals surface area contributed by atoms with Gasteiger partial charge in [-0.3, -0.25) is 0 Å². The largest absolute Gasteiger partial charge is 0.389 e. The summed E-state index contributed by atoms with van der Waals surface area (Å²) in [5.41, 5.74) is 6.16. The summed E-state index contributed by atoms with van der Waals surface area (Å²) < 4.78 is 2.07. The second-order valence-corrected chi connectivity index (χ2v) is 8.26. The molecule has 0 fully saturated rings. The van der Waals surface area contributed by atoms with E-state index in [2.05, 4.69) is 58.0 Å². The van der Waals surface area contributed by atoms with E-state index in [0.29, 0.717) is 13.1 Å². The van der Waals surface area contributed by atoms with Gasteiger partial charge in [-0.15, -0.1) is 0 Å². The fraction of sp³-hybridized carbons (Fsp3) is 0.100. The van der Waals surface area contributed by atoms with E-state index in [-0.39, 0.29) is 0 Å². The van der Waals surface area contributed by atoms with Gasteiger partial charge in [0.25, 0.3) is 0 Å². The number of imidazole rings is 1. The third-order valence-electron chi connectivity index (χ3n) is 5.87. The molecule has 1 atom stereocenters. The van der Waals surface area contributed by atoms with Crippen molar-refractivity contribution in [3.05, 3.63) is 128 Å². The van der Waals surface area contributed by atoms with E-state index in [1.807, 2.05) is 79.1 Å². The highest BCUT2D eigenvalue weighted by atomic mass is 16.3. The van der Waals surface area contributed by atoms with E-state index in [0.717, 1.165) is 33.9 Å². The monoisotopic (exact) mass is 445 g/mol. The van der Waals surface area contributed by atoms with Gasteiger partial charge in [0.15, 0.2) is 0 Å². The van der Waals surface area contributed by atoms with Crippen molar-refractivity contribution in [2.45, 2.75) is 12.6 Å². The van der Waals surface area contributed by atoms with Gasteiger partial charge in [-0.2, -0.15) is 0 Å². The molecule has 5 rings (SSSR count). The lowest BCUT2D eigenvalue weighted by Crippen LogP contribution is -2.31. The van der Waals surface area contributed by atoms with Gasteiger partial charge >= 0.3 is 0 Å². The molecule has 0 saturated heterocycles. The molecule has 34 heavy (non-hydrogen) atoms. The van der Waals surface area contributed by atoms with Crippen molar-refractivity contribution in [1.82, 2.24) is 9.55 Å². The zero-order valence-corrected chi connectivity index (χ0v) is 18.9. The number of aliphatic hydroxyl groups is 1. The van der Waals surface area contributed by atoms with E-state index in [1.54, 1.807) is 0 Å². The predicted molar refractivity (Wildman–Crippen MR) is 139 cm³/mol. The zero-order chi connectivity index (χ0) is 23.2. The Hall–Kier alpha value is -4.15. The molecule has 0 spiro atoms. The molecule has 4 aromatic carbocycles. The second-order valence-electron chi connectivity index (χ2n) is 8.26. The summed E-state index contributed by atoms with van der Waals surface area (Å²) >= 11 is 0. The highest BCUT2D eigenvalue weighted by molar-refractivity contribution is 5.78. The van der Waals surface area contributed by atoms with Gasteiger partial charge in [0, 0.05) is 22.5 Å². The van der Waals surface area contributed by atoms with Gasteiger partial charge in [-0.05, 0) is 24.3 Å². The standard InChI is InChI=1S/C30H27N3O/c34-28(22-33(26-17-9-3-10-18-26)27-19-11-4-12-20-27)21-32-23-31-29(24-13-5-1-6-14-24)30(32)25-15-7-2-8-16-25/h1-20,23,28,34H,21-22H2/t28-/m0/s1. The van der Waals surface area contributed by atoms with Crippen molar-refractivity contribution in [3.63, 3.8) is 0 Å². The summed E-state index contributed by atoms with van der Waals surface area (Å²) in [7, 11) is 0. The van der Waals surface area contributed by atoms with Crippen molar-refractivity contribution in [2.24, 2.45) is 0 Å². The van der Waals surface area contributed by atoms with Crippen molar-refractivity contribution in [2.75, 3.05) is 11.4 Å². The van der Waals surface area contributed by atoms with Gasteiger partial charge in [0.05, 0.1) is 36.9 Å².